The fraction of sp³-hybridized carbons (Fsp3) is 0.556. The highest BCUT2D eigenvalue weighted by atomic mass is 35.5. The first-order valence-electron chi connectivity index (χ1n) is 38.1. The maximum atomic E-state index is 15.2. The molecule has 600 valence electrons. The summed E-state index contributed by atoms with van der Waals surface area (Å²) in [4.78, 5) is 204. The summed E-state index contributed by atoms with van der Waals surface area (Å²) in [5, 5.41) is 11.6. The van der Waals surface area contributed by atoms with Crippen LogP contribution in [0.2, 0.25) is 5.02 Å². The zero-order valence-electron chi connectivity index (χ0n) is 66.7. The number of fused-ring (bicyclic) bond motifs is 6. The maximum absolute atomic E-state index is 15.2. The average molecular weight is 1570 g/mol. The molecule has 2 saturated carbocycles. The Morgan fingerprint density at radius 3 is 1.60 bits per heavy atom. The van der Waals surface area contributed by atoms with Crippen molar-refractivity contribution < 1.29 is 71.4 Å². The number of halogens is 1. The number of likely N-dealkylation sites (N-methyl/N-ethyl adjacent to an activating group) is 4. The lowest BCUT2D eigenvalue weighted by molar-refractivity contribution is -0.163. The van der Waals surface area contributed by atoms with Crippen LogP contribution in [0.3, 0.4) is 0 Å². The van der Waals surface area contributed by atoms with E-state index in [1.165, 1.54) is 92.1 Å². The van der Waals surface area contributed by atoms with Crippen LogP contribution in [0.1, 0.15) is 146 Å². The van der Waals surface area contributed by atoms with Gasteiger partial charge in [0.05, 0.1) is 53.4 Å². The predicted octanol–water partition coefficient (Wildman–Crippen LogP) is 7.61. The second-order valence-corrected chi connectivity index (χ2v) is 33.3. The Morgan fingerprint density at radius 1 is 0.640 bits per heavy atom. The van der Waals surface area contributed by atoms with Gasteiger partial charge in [-0.15, -0.1) is 0 Å². The van der Waals surface area contributed by atoms with Gasteiger partial charge in [0, 0.05) is 78.8 Å². The molecule has 0 radical (unpaired) electrons. The number of carbonyl (C=O) groups is 12. The first-order valence-corrected chi connectivity index (χ1v) is 39.3. The van der Waals surface area contributed by atoms with Gasteiger partial charge in [-0.05, 0) is 146 Å². The van der Waals surface area contributed by atoms with E-state index in [0.29, 0.717) is 44.1 Å². The largest absolute Gasteiger partial charge is 0.458 e. The number of hydrogen-bond acceptors (Lipinski definition) is 21. The molecular formula is C81H107ClN12O16S. The fourth-order valence-electron chi connectivity index (χ4n) is 15.8. The molecular weight excluding hydrogens is 1460 g/mol. The Hall–Kier alpha value is -9.48. The van der Waals surface area contributed by atoms with Gasteiger partial charge < -0.3 is 70.3 Å². The molecule has 3 aliphatic carbocycles. The van der Waals surface area contributed by atoms with E-state index in [2.05, 4.69) is 81.6 Å². The summed E-state index contributed by atoms with van der Waals surface area (Å²) in [5.41, 5.74) is 6.18. The third-order valence-electron chi connectivity index (χ3n) is 21.9. The number of hydrogen-bond donors (Lipinski definition) is 5. The van der Waals surface area contributed by atoms with Gasteiger partial charge in [-0.25, -0.2) is 14.6 Å². The van der Waals surface area contributed by atoms with E-state index < -0.39 is 196 Å². The van der Waals surface area contributed by atoms with Crippen LogP contribution in [0.5, 0.6) is 0 Å². The highest BCUT2D eigenvalue weighted by molar-refractivity contribution is 7.99. The summed E-state index contributed by atoms with van der Waals surface area (Å²) in [6, 6.07) is 9.05. The van der Waals surface area contributed by atoms with Gasteiger partial charge in [0.2, 0.25) is 40.9 Å². The average Bonchev–Trinajstić information content (AvgIpc) is 1.54. The van der Waals surface area contributed by atoms with Crippen molar-refractivity contribution in [2.45, 2.75) is 186 Å². The zero-order chi connectivity index (χ0) is 81.8. The van der Waals surface area contributed by atoms with Crippen LogP contribution in [0.15, 0.2) is 73.6 Å². The molecule has 12 unspecified atom stereocenters. The number of anilines is 3. The SMILES string of the molecule is CN(C)CCCN1c2ccccc2Sc2ccc(Cl)cc21.Cc1c2oc3c(C)ccc(C(=O)NC4C(=O)NC(C(C)C)C(=O)C5CCCC5C(=O)N(C)CC(=O)N(C)C(C(C)C)C(=O)OC4C)c3nc-2c(C(=O)NC2C(=O)NC(C(C)C)C(=O)C3CCCC3C(=O)N(C)CC(=O)N(C)C(C(C)C)C(=O)OC2C)c(N)c1=O. The van der Waals surface area contributed by atoms with Crippen LogP contribution in [-0.4, -0.2) is 217 Å². The molecule has 3 aromatic rings. The van der Waals surface area contributed by atoms with Crippen LogP contribution in [0.25, 0.3) is 22.6 Å². The number of aryl methyl sites for hydroxylation is 1. The molecule has 4 aliphatic heterocycles. The minimum absolute atomic E-state index is 0.0668. The van der Waals surface area contributed by atoms with Gasteiger partial charge >= 0.3 is 11.9 Å². The quantitative estimate of drug-likeness (QED) is 0.0455. The number of esters is 2. The van der Waals surface area contributed by atoms with Gasteiger partial charge in [0.15, 0.2) is 22.9 Å². The standard InChI is InChI=1S/C64H88N10O16.C17H19ClN2S/c1-27(2)44-53(78)35-19-17-21-37(35)61(84)71(13)25-40(75)73(15)50(29(5)6)63(86)88-33(11)46(59(82)67-44)69-57(80)39-24-23-31(9)55-48(39)66-49-42(43(65)52(77)32(10)56(49)90-55)58(81)70-47-34(12)89-64(87)51(30(7)8)74(16)41(76)26-72(14)62(85)38-22-18-20-36(38)54(79)45(28(3)4)68-60(47)83;1-19(2)10-5-11-20-14-6-3-4-7-16(14)21-17-9-8-13(18)12-15(17)20/h23-24,27-30,33-38,44-47,50-51H,17-22,25-26,65H2,1-16H3,(H,67,82)(H,68,83)(H,69,80)(H,70,81);3-4,6-9,12H,5,10-11H2,1-2H3. The van der Waals surface area contributed by atoms with Gasteiger partial charge in [0.25, 0.3) is 11.8 Å². The minimum Gasteiger partial charge on any atom is -0.458 e. The first-order chi connectivity index (χ1) is 52.2. The van der Waals surface area contributed by atoms with E-state index in [4.69, 9.17) is 36.2 Å². The molecule has 8 amide bonds. The molecule has 4 heterocycles. The summed E-state index contributed by atoms with van der Waals surface area (Å²) in [5.74, 6) is -14.9. The number of rotatable bonds is 12. The highest BCUT2D eigenvalue weighted by Gasteiger charge is 2.48. The summed E-state index contributed by atoms with van der Waals surface area (Å²) in [6.07, 6.45) is 0.469. The van der Waals surface area contributed by atoms with Crippen molar-refractivity contribution in [2.24, 2.45) is 47.3 Å². The lowest BCUT2D eigenvalue weighted by Crippen LogP contribution is -2.59. The lowest BCUT2D eigenvalue weighted by Gasteiger charge is -2.35. The number of ketones is 2. The molecule has 111 heavy (non-hydrogen) atoms. The summed E-state index contributed by atoms with van der Waals surface area (Å²) < 4.78 is 18.3. The molecule has 0 bridgehead atoms. The van der Waals surface area contributed by atoms with Crippen molar-refractivity contribution in [3.05, 3.63) is 92.1 Å². The van der Waals surface area contributed by atoms with Crippen molar-refractivity contribution in [1.29, 1.82) is 0 Å². The van der Waals surface area contributed by atoms with Crippen LogP contribution >= 0.6 is 23.4 Å². The highest BCUT2D eigenvalue weighted by Crippen LogP contribution is 2.49. The number of ether oxygens (including phenoxy) is 2. The zero-order valence-corrected chi connectivity index (χ0v) is 68.3. The molecule has 0 spiro atoms. The molecule has 28 nitrogen and oxygen atoms in total. The van der Waals surface area contributed by atoms with E-state index in [1.807, 2.05) is 17.8 Å². The van der Waals surface area contributed by atoms with Gasteiger partial charge in [-0.3, -0.25) is 52.7 Å². The normalized spacial score (nSPS) is 25.1. The van der Waals surface area contributed by atoms with Gasteiger partial charge in [-0.2, -0.15) is 0 Å². The van der Waals surface area contributed by atoms with Crippen molar-refractivity contribution >= 4 is 122 Å². The molecule has 0 aromatic heterocycles. The minimum atomic E-state index is -1.86. The van der Waals surface area contributed by atoms with E-state index in [1.54, 1.807) is 62.3 Å². The third kappa shape index (κ3) is 18.5. The Balaban J connectivity index is 0.000000574. The molecule has 2 saturated heterocycles. The Bertz CT molecular complexity index is 4470. The molecule has 12 atom stereocenters. The summed E-state index contributed by atoms with van der Waals surface area (Å²) in [7, 11) is 9.90. The lowest BCUT2D eigenvalue weighted by atomic mass is 9.83. The second-order valence-electron chi connectivity index (χ2n) is 31.7. The molecule has 3 aromatic carbocycles. The Kier molecular flexibility index (Phi) is 27.7. The Labute approximate surface area is 657 Å². The number of nitrogens with one attached hydrogen (secondary N) is 4. The number of para-hydroxylation sites is 1. The van der Waals surface area contributed by atoms with Crippen LogP contribution in [-0.2, 0) is 57.4 Å². The number of nitrogens with zero attached hydrogens (tertiary/aromatic N) is 7. The number of carbonyl (C=O) groups excluding carboxylic acids is 12. The van der Waals surface area contributed by atoms with Gasteiger partial charge in [-0.1, -0.05) is 110 Å². The number of nitrogens with two attached hydrogens (primary N) is 1. The number of cyclic esters (lactones) is 2. The van der Waals surface area contributed by atoms with Crippen LogP contribution in [0.4, 0.5) is 17.1 Å². The molecule has 6 N–H and O–H groups in total. The number of benzene rings is 4. The predicted molar refractivity (Wildman–Crippen MR) is 420 cm³/mol. The summed E-state index contributed by atoms with van der Waals surface area (Å²) in [6.45, 7) is 20.4. The molecule has 7 aliphatic rings. The number of aromatic nitrogens is 1. The van der Waals surface area contributed by atoms with Crippen molar-refractivity contribution in [3.63, 3.8) is 0 Å². The third-order valence-corrected chi connectivity index (χ3v) is 23.3. The van der Waals surface area contributed by atoms with Crippen molar-refractivity contribution in [2.75, 3.05) is 79.1 Å². The fourth-order valence-corrected chi connectivity index (χ4v) is 17.0. The van der Waals surface area contributed by atoms with Crippen LogP contribution in [0, 0.1) is 61.2 Å². The van der Waals surface area contributed by atoms with E-state index in [0.717, 1.165) is 34.3 Å². The molecule has 30 heteroatoms. The van der Waals surface area contributed by atoms with Gasteiger partial charge in [0.1, 0.15) is 47.6 Å². The number of nitrogen functional groups attached to an aromatic ring is 1. The smallest absolute Gasteiger partial charge is 0.329 e. The molecule has 10 rings (SSSR count). The second kappa shape index (κ2) is 35.9. The van der Waals surface area contributed by atoms with Crippen LogP contribution < -0.4 is 37.3 Å². The summed E-state index contributed by atoms with van der Waals surface area (Å²) >= 11 is 8.03. The van der Waals surface area contributed by atoms with E-state index in [-0.39, 0.29) is 33.7 Å². The monoisotopic (exact) mass is 1570 g/mol. The van der Waals surface area contributed by atoms with E-state index in [9.17, 15) is 52.7 Å². The first kappa shape index (κ1) is 85.5. The van der Waals surface area contributed by atoms with Crippen molar-refractivity contribution in [3.8, 4) is 11.5 Å². The number of Topliss-reactive ketones (excluding diaryl/α,β-unsaturated/α-hetero) is 2. The number of amides is 8. The topological polar surface area (TPSA) is 360 Å². The van der Waals surface area contributed by atoms with E-state index >= 15 is 9.59 Å². The molecule has 4 fully saturated rings. The van der Waals surface area contributed by atoms with Crippen molar-refractivity contribution in [1.82, 2.24) is 50.8 Å². The Morgan fingerprint density at radius 2 is 1.12 bits per heavy atom. The maximum Gasteiger partial charge on any atom is 0.329 e.